The van der Waals surface area contributed by atoms with Crippen molar-refractivity contribution in [3.05, 3.63) is 83.3 Å². The van der Waals surface area contributed by atoms with Crippen LogP contribution in [0, 0.1) is 18.6 Å². The second kappa shape index (κ2) is 7.79. The molecule has 4 aromatic rings. The van der Waals surface area contributed by atoms with E-state index in [9.17, 15) is 13.6 Å². The van der Waals surface area contributed by atoms with E-state index in [1.807, 2.05) is 0 Å². The van der Waals surface area contributed by atoms with Crippen LogP contribution in [-0.4, -0.2) is 27.4 Å². The van der Waals surface area contributed by atoms with Crippen molar-refractivity contribution < 1.29 is 13.6 Å². The Labute approximate surface area is 165 Å². The number of nitrogens with one attached hydrogen (secondary N) is 2. The fourth-order valence-electron chi connectivity index (χ4n) is 3.35. The number of carbonyl (C=O) groups excluding carboxylic acids is 1. The molecule has 1 amide bonds. The summed E-state index contributed by atoms with van der Waals surface area (Å²) < 4.78 is 28.1. The first kappa shape index (κ1) is 18.7. The van der Waals surface area contributed by atoms with Crippen LogP contribution >= 0.6 is 0 Å². The molecule has 2 aromatic heterocycles. The Morgan fingerprint density at radius 1 is 1.03 bits per heavy atom. The van der Waals surface area contributed by atoms with Crippen LogP contribution in [0.2, 0.25) is 0 Å². The van der Waals surface area contributed by atoms with E-state index in [1.54, 1.807) is 49.6 Å². The molecule has 0 aliphatic carbocycles. The second-order valence-corrected chi connectivity index (χ2v) is 6.66. The summed E-state index contributed by atoms with van der Waals surface area (Å²) in [4.78, 5) is 23.6. The van der Waals surface area contributed by atoms with Gasteiger partial charge in [0.2, 0.25) is 0 Å². The van der Waals surface area contributed by atoms with Crippen molar-refractivity contribution in [2.75, 3.05) is 6.54 Å². The van der Waals surface area contributed by atoms with Gasteiger partial charge in [-0.3, -0.25) is 4.79 Å². The molecule has 0 radical (unpaired) electrons. The zero-order valence-electron chi connectivity index (χ0n) is 15.7. The maximum atomic E-state index is 14.2. The van der Waals surface area contributed by atoms with Gasteiger partial charge >= 0.3 is 0 Å². The number of aryl methyl sites for hydroxylation is 1. The molecule has 29 heavy (non-hydrogen) atoms. The van der Waals surface area contributed by atoms with Crippen LogP contribution in [0.4, 0.5) is 8.78 Å². The van der Waals surface area contributed by atoms with Gasteiger partial charge in [0, 0.05) is 41.1 Å². The molecule has 0 saturated heterocycles. The molecular formula is C22H18F2N4O. The molecule has 0 aliphatic heterocycles. The van der Waals surface area contributed by atoms with Crippen molar-refractivity contribution in [1.29, 1.82) is 0 Å². The Kier molecular flexibility index (Phi) is 5.03. The minimum Gasteiger partial charge on any atom is -0.356 e. The van der Waals surface area contributed by atoms with Crippen molar-refractivity contribution in [2.45, 2.75) is 13.3 Å². The van der Waals surface area contributed by atoms with Gasteiger partial charge in [0.05, 0.1) is 5.52 Å². The third-order valence-electron chi connectivity index (χ3n) is 4.80. The first-order chi connectivity index (χ1) is 14.0. The van der Waals surface area contributed by atoms with E-state index < -0.39 is 11.6 Å². The maximum absolute atomic E-state index is 14.2. The molecular weight excluding hydrogens is 374 g/mol. The highest BCUT2D eigenvalue weighted by molar-refractivity contribution is 5.94. The fourth-order valence-corrected chi connectivity index (χ4v) is 3.35. The van der Waals surface area contributed by atoms with Crippen LogP contribution < -0.4 is 5.32 Å². The molecule has 0 aliphatic rings. The highest BCUT2D eigenvalue weighted by Gasteiger charge is 2.16. The second-order valence-electron chi connectivity index (χ2n) is 6.66. The molecule has 2 aromatic carbocycles. The van der Waals surface area contributed by atoms with Crippen LogP contribution in [0.1, 0.15) is 21.6 Å². The number of aromatic amines is 1. The molecule has 0 atom stereocenters. The predicted molar refractivity (Wildman–Crippen MR) is 106 cm³/mol. The van der Waals surface area contributed by atoms with E-state index in [0.717, 1.165) is 17.7 Å². The average molecular weight is 392 g/mol. The molecule has 146 valence electrons. The van der Waals surface area contributed by atoms with Gasteiger partial charge in [-0.25, -0.2) is 18.7 Å². The van der Waals surface area contributed by atoms with Gasteiger partial charge in [-0.1, -0.05) is 12.1 Å². The number of rotatable bonds is 5. The molecule has 0 unspecified atom stereocenters. The van der Waals surface area contributed by atoms with Crippen LogP contribution in [0.5, 0.6) is 0 Å². The van der Waals surface area contributed by atoms with Gasteiger partial charge in [0.25, 0.3) is 5.91 Å². The Bertz CT molecular complexity index is 1170. The topological polar surface area (TPSA) is 70.7 Å². The van der Waals surface area contributed by atoms with Crippen LogP contribution in [0.15, 0.2) is 54.9 Å². The van der Waals surface area contributed by atoms with Gasteiger partial charge in [0.15, 0.2) is 5.82 Å². The van der Waals surface area contributed by atoms with E-state index >= 15 is 0 Å². The zero-order chi connectivity index (χ0) is 20.4. The Hall–Kier alpha value is -3.61. The predicted octanol–water partition coefficient (Wildman–Crippen LogP) is 4.18. The number of nitrogens with zero attached hydrogens (tertiary/aromatic N) is 2. The minimum atomic E-state index is -0.498. The summed E-state index contributed by atoms with van der Waals surface area (Å²) in [5, 5.41) is 3.06. The molecule has 0 fully saturated rings. The van der Waals surface area contributed by atoms with Crippen LogP contribution in [-0.2, 0) is 6.42 Å². The molecule has 4 rings (SSSR count). The summed E-state index contributed by atoms with van der Waals surface area (Å²) >= 11 is 0. The van der Waals surface area contributed by atoms with Crippen molar-refractivity contribution >= 4 is 16.8 Å². The lowest BCUT2D eigenvalue weighted by Gasteiger charge is -2.07. The maximum Gasteiger partial charge on any atom is 0.251 e. The molecule has 0 bridgehead atoms. The zero-order valence-corrected chi connectivity index (χ0v) is 15.7. The lowest BCUT2D eigenvalue weighted by molar-refractivity contribution is 0.0954. The van der Waals surface area contributed by atoms with Crippen LogP contribution in [0.3, 0.4) is 0 Å². The van der Waals surface area contributed by atoms with Crippen molar-refractivity contribution in [3.63, 3.8) is 0 Å². The summed E-state index contributed by atoms with van der Waals surface area (Å²) in [7, 11) is 0. The van der Waals surface area contributed by atoms with Crippen LogP contribution in [0.25, 0.3) is 22.3 Å². The van der Waals surface area contributed by atoms with Gasteiger partial charge in [-0.15, -0.1) is 0 Å². The Morgan fingerprint density at radius 2 is 1.72 bits per heavy atom. The highest BCUT2D eigenvalue weighted by atomic mass is 19.1. The number of hydrogen-bond acceptors (Lipinski definition) is 3. The SMILES string of the molecule is Cc1[nH]c2c(F)ccc(F)c2c1CCNC(=O)c1ccc(-c2ncccn2)cc1. The molecule has 0 spiro atoms. The number of amides is 1. The van der Waals surface area contributed by atoms with E-state index in [0.29, 0.717) is 35.6 Å². The molecule has 7 heteroatoms. The highest BCUT2D eigenvalue weighted by Crippen LogP contribution is 2.27. The smallest absolute Gasteiger partial charge is 0.251 e. The van der Waals surface area contributed by atoms with E-state index in [4.69, 9.17) is 0 Å². The Morgan fingerprint density at radius 3 is 2.45 bits per heavy atom. The standard InChI is InChI=1S/C22H18F2N4O/c1-13-16(19-17(23)7-8-18(24)20(19)28-13)9-12-27-22(29)15-5-3-14(4-6-15)21-25-10-2-11-26-21/h2-8,10-11,28H,9,12H2,1H3,(H,27,29). The molecule has 2 N–H and O–H groups in total. The summed E-state index contributed by atoms with van der Waals surface area (Å²) in [5.74, 6) is -0.633. The lowest BCUT2D eigenvalue weighted by Crippen LogP contribution is -2.25. The van der Waals surface area contributed by atoms with E-state index in [1.165, 1.54) is 0 Å². The number of benzene rings is 2. The van der Waals surface area contributed by atoms with Crippen molar-refractivity contribution in [1.82, 2.24) is 20.3 Å². The normalized spacial score (nSPS) is 11.0. The quantitative estimate of drug-likeness (QED) is 0.535. The molecule has 5 nitrogen and oxygen atoms in total. The van der Waals surface area contributed by atoms with E-state index in [2.05, 4.69) is 20.3 Å². The third-order valence-corrected chi connectivity index (χ3v) is 4.80. The third kappa shape index (κ3) is 3.71. The summed E-state index contributed by atoms with van der Waals surface area (Å²) in [6.45, 7) is 2.06. The van der Waals surface area contributed by atoms with Gasteiger partial charge in [0.1, 0.15) is 11.6 Å². The summed E-state index contributed by atoms with van der Waals surface area (Å²) in [6, 6.07) is 10.9. The number of carbonyl (C=O) groups is 1. The Balaban J connectivity index is 1.44. The lowest BCUT2D eigenvalue weighted by atomic mass is 10.1. The summed E-state index contributed by atoms with van der Waals surface area (Å²) in [6.07, 6.45) is 3.70. The first-order valence-electron chi connectivity index (χ1n) is 9.15. The number of hydrogen-bond donors (Lipinski definition) is 2. The van der Waals surface area contributed by atoms with Crippen molar-refractivity contribution in [2.24, 2.45) is 0 Å². The van der Waals surface area contributed by atoms with Gasteiger partial charge in [-0.2, -0.15) is 0 Å². The summed E-state index contributed by atoms with van der Waals surface area (Å²) in [5.41, 5.74) is 2.81. The number of halogens is 2. The number of fused-ring (bicyclic) bond motifs is 1. The number of aromatic nitrogens is 3. The van der Waals surface area contributed by atoms with Gasteiger partial charge < -0.3 is 10.3 Å². The molecule has 0 saturated carbocycles. The van der Waals surface area contributed by atoms with Crippen molar-refractivity contribution in [3.8, 4) is 11.4 Å². The first-order valence-corrected chi connectivity index (χ1v) is 9.15. The monoisotopic (exact) mass is 392 g/mol. The fraction of sp³-hybridized carbons (Fsp3) is 0.136. The number of H-pyrrole nitrogens is 1. The van der Waals surface area contributed by atoms with E-state index in [-0.39, 0.29) is 16.8 Å². The molecule has 2 heterocycles. The minimum absolute atomic E-state index is 0.155. The average Bonchev–Trinajstić information content (AvgIpc) is 3.09. The largest absolute Gasteiger partial charge is 0.356 e. The van der Waals surface area contributed by atoms with Gasteiger partial charge in [-0.05, 0) is 49.2 Å².